The normalized spacial score (nSPS) is 12.4. The van der Waals surface area contributed by atoms with Crippen LogP contribution in [-0.4, -0.2) is 50.4 Å². The first-order chi connectivity index (χ1) is 18.7. The summed E-state index contributed by atoms with van der Waals surface area (Å²) in [6, 6.07) is 19.1. The lowest BCUT2D eigenvalue weighted by Gasteiger charge is -2.33. The molecule has 0 fully saturated rings. The zero-order chi connectivity index (χ0) is 29.7. The summed E-state index contributed by atoms with van der Waals surface area (Å²) in [7, 11) is -2.73. The van der Waals surface area contributed by atoms with Gasteiger partial charge in [0.15, 0.2) is 0 Å². The maximum atomic E-state index is 14.0. The average molecular weight is 586 g/mol. The predicted molar refractivity (Wildman–Crippen MR) is 158 cm³/mol. The second kappa shape index (κ2) is 12.7. The van der Waals surface area contributed by atoms with Crippen LogP contribution in [0.15, 0.2) is 77.7 Å². The van der Waals surface area contributed by atoms with Crippen molar-refractivity contribution in [2.75, 3.05) is 18.0 Å². The highest BCUT2D eigenvalue weighted by atomic mass is 35.5. The molecule has 0 aliphatic carbocycles. The van der Waals surface area contributed by atoms with Crippen LogP contribution in [0, 0.1) is 6.92 Å². The molecule has 3 aromatic rings. The van der Waals surface area contributed by atoms with Crippen molar-refractivity contribution in [3.05, 3.63) is 88.9 Å². The second-order valence-corrected chi connectivity index (χ2v) is 12.8. The van der Waals surface area contributed by atoms with E-state index in [1.807, 2.05) is 52.0 Å². The van der Waals surface area contributed by atoms with Crippen LogP contribution < -0.4 is 14.4 Å². The third-order valence-electron chi connectivity index (χ3n) is 6.17. The minimum atomic E-state index is -4.19. The van der Waals surface area contributed by atoms with Gasteiger partial charge in [-0.2, -0.15) is 0 Å². The molecule has 0 heterocycles. The Morgan fingerprint density at radius 3 is 2.17 bits per heavy atom. The molecule has 0 aliphatic heterocycles. The fourth-order valence-electron chi connectivity index (χ4n) is 4.01. The molecule has 0 bridgehead atoms. The first kappa shape index (κ1) is 31.0. The number of benzene rings is 3. The fraction of sp³-hybridized carbons (Fsp3) is 0.333. The molecule has 1 unspecified atom stereocenters. The maximum absolute atomic E-state index is 14.0. The van der Waals surface area contributed by atoms with Crippen LogP contribution in [-0.2, 0) is 26.2 Å². The van der Waals surface area contributed by atoms with Gasteiger partial charge in [-0.15, -0.1) is 0 Å². The standard InChI is InChI=1S/C30H36ClN3O5S/c1-21-12-14-23(15-13-21)19-33(22(2)29(36)32-30(3,4)5)28(35)20-34(24-16-17-27(39-6)26(31)18-24)40(37,38)25-10-8-7-9-11-25/h7-18,22H,19-20H2,1-6H3,(H,32,36). The molecule has 0 saturated carbocycles. The van der Waals surface area contributed by atoms with E-state index in [9.17, 15) is 18.0 Å². The van der Waals surface area contributed by atoms with E-state index in [2.05, 4.69) is 5.32 Å². The van der Waals surface area contributed by atoms with E-state index in [4.69, 9.17) is 16.3 Å². The van der Waals surface area contributed by atoms with Gasteiger partial charge in [-0.3, -0.25) is 13.9 Å². The van der Waals surface area contributed by atoms with Crippen LogP contribution in [0.1, 0.15) is 38.8 Å². The van der Waals surface area contributed by atoms with Crippen molar-refractivity contribution in [3.8, 4) is 5.75 Å². The first-order valence-electron chi connectivity index (χ1n) is 12.8. The molecule has 1 N–H and O–H groups in total. The third-order valence-corrected chi connectivity index (χ3v) is 8.26. The predicted octanol–water partition coefficient (Wildman–Crippen LogP) is 5.18. The number of methoxy groups -OCH3 is 1. The van der Waals surface area contributed by atoms with Crippen molar-refractivity contribution < 1.29 is 22.7 Å². The molecule has 2 amide bonds. The van der Waals surface area contributed by atoms with Crippen LogP contribution in [0.3, 0.4) is 0 Å². The van der Waals surface area contributed by atoms with Gasteiger partial charge in [0.25, 0.3) is 10.0 Å². The largest absolute Gasteiger partial charge is 0.495 e. The molecule has 0 saturated heterocycles. The summed E-state index contributed by atoms with van der Waals surface area (Å²) in [5.74, 6) is -0.538. The fourth-order valence-corrected chi connectivity index (χ4v) is 5.68. The highest BCUT2D eigenvalue weighted by Gasteiger charge is 2.33. The summed E-state index contributed by atoms with van der Waals surface area (Å²) in [6.07, 6.45) is 0. The molecule has 1 atom stereocenters. The molecule has 0 radical (unpaired) electrons. The van der Waals surface area contributed by atoms with Gasteiger partial charge in [-0.25, -0.2) is 8.42 Å². The van der Waals surface area contributed by atoms with E-state index in [0.29, 0.717) is 5.75 Å². The van der Waals surface area contributed by atoms with Gasteiger partial charge in [0.05, 0.1) is 22.7 Å². The molecule has 3 rings (SSSR count). The summed E-state index contributed by atoms with van der Waals surface area (Å²) < 4.78 is 33.9. The van der Waals surface area contributed by atoms with Gasteiger partial charge in [0, 0.05) is 12.1 Å². The quantitative estimate of drug-likeness (QED) is 0.353. The molecule has 0 aliphatic rings. The molecule has 3 aromatic carbocycles. The van der Waals surface area contributed by atoms with Crippen LogP contribution >= 0.6 is 11.6 Å². The Morgan fingerprint density at radius 1 is 1.00 bits per heavy atom. The van der Waals surface area contributed by atoms with Crippen molar-refractivity contribution in [2.45, 2.75) is 57.6 Å². The Labute approximate surface area is 241 Å². The zero-order valence-electron chi connectivity index (χ0n) is 23.6. The molecule has 40 heavy (non-hydrogen) atoms. The molecule has 8 nitrogen and oxygen atoms in total. The van der Waals surface area contributed by atoms with Crippen molar-refractivity contribution >= 4 is 39.1 Å². The topological polar surface area (TPSA) is 96.0 Å². The Hall–Kier alpha value is -3.56. The van der Waals surface area contributed by atoms with Crippen molar-refractivity contribution in [1.29, 1.82) is 0 Å². The summed E-state index contributed by atoms with van der Waals surface area (Å²) >= 11 is 6.35. The number of hydrogen-bond acceptors (Lipinski definition) is 5. The van der Waals surface area contributed by atoms with Crippen LogP contribution in [0.25, 0.3) is 0 Å². The van der Waals surface area contributed by atoms with Gasteiger partial charge >= 0.3 is 0 Å². The Bertz CT molecular complexity index is 1440. The highest BCUT2D eigenvalue weighted by Crippen LogP contribution is 2.32. The molecule has 10 heteroatoms. The first-order valence-corrected chi connectivity index (χ1v) is 14.6. The van der Waals surface area contributed by atoms with E-state index in [1.165, 1.54) is 36.3 Å². The minimum Gasteiger partial charge on any atom is -0.495 e. The van der Waals surface area contributed by atoms with Gasteiger partial charge in [0.2, 0.25) is 11.8 Å². The lowest BCUT2D eigenvalue weighted by molar-refractivity contribution is -0.140. The van der Waals surface area contributed by atoms with E-state index in [-0.39, 0.29) is 28.1 Å². The third kappa shape index (κ3) is 7.76. The van der Waals surface area contributed by atoms with Crippen molar-refractivity contribution in [3.63, 3.8) is 0 Å². The average Bonchev–Trinajstić information content (AvgIpc) is 2.90. The monoisotopic (exact) mass is 585 g/mol. The number of nitrogens with one attached hydrogen (secondary N) is 1. The van der Waals surface area contributed by atoms with E-state index < -0.39 is 34.1 Å². The second-order valence-electron chi connectivity index (χ2n) is 10.6. The number of amides is 2. The number of carbonyl (C=O) groups is 2. The van der Waals surface area contributed by atoms with Crippen molar-refractivity contribution in [1.82, 2.24) is 10.2 Å². The SMILES string of the molecule is COc1ccc(N(CC(=O)N(Cc2ccc(C)cc2)C(C)C(=O)NC(C)(C)C)S(=O)(=O)c2ccccc2)cc1Cl. The summed E-state index contributed by atoms with van der Waals surface area (Å²) in [5.41, 5.74) is 1.52. The van der Waals surface area contributed by atoms with Gasteiger partial charge in [-0.05, 0) is 70.5 Å². The Balaban J connectivity index is 2.06. The number of hydrogen-bond donors (Lipinski definition) is 1. The van der Waals surface area contributed by atoms with Gasteiger partial charge in [0.1, 0.15) is 18.3 Å². The number of ether oxygens (including phenoxy) is 1. The molecule has 0 spiro atoms. The minimum absolute atomic E-state index is 0.0124. The molecule has 214 valence electrons. The molecular formula is C30H36ClN3O5S. The van der Waals surface area contributed by atoms with Crippen molar-refractivity contribution in [2.24, 2.45) is 0 Å². The number of nitrogens with zero attached hydrogens (tertiary/aromatic N) is 2. The van der Waals surface area contributed by atoms with E-state index >= 15 is 0 Å². The van der Waals surface area contributed by atoms with Crippen LogP contribution in [0.4, 0.5) is 5.69 Å². The summed E-state index contributed by atoms with van der Waals surface area (Å²) in [4.78, 5) is 28.6. The molecule has 0 aromatic heterocycles. The number of halogens is 1. The molecular weight excluding hydrogens is 550 g/mol. The van der Waals surface area contributed by atoms with E-state index in [1.54, 1.807) is 31.2 Å². The Morgan fingerprint density at radius 2 is 1.62 bits per heavy atom. The highest BCUT2D eigenvalue weighted by molar-refractivity contribution is 7.92. The zero-order valence-corrected chi connectivity index (χ0v) is 25.2. The number of rotatable bonds is 10. The lowest BCUT2D eigenvalue weighted by atomic mass is 10.1. The van der Waals surface area contributed by atoms with Gasteiger partial charge < -0.3 is 15.0 Å². The number of carbonyl (C=O) groups excluding carboxylic acids is 2. The summed E-state index contributed by atoms with van der Waals surface area (Å²) in [5, 5.41) is 3.10. The number of aryl methyl sites for hydroxylation is 1. The van der Waals surface area contributed by atoms with Crippen LogP contribution in [0.2, 0.25) is 5.02 Å². The van der Waals surface area contributed by atoms with Gasteiger partial charge in [-0.1, -0.05) is 59.6 Å². The number of anilines is 1. The smallest absolute Gasteiger partial charge is 0.264 e. The number of sulfonamides is 1. The summed E-state index contributed by atoms with van der Waals surface area (Å²) in [6.45, 7) is 8.70. The maximum Gasteiger partial charge on any atom is 0.264 e. The Kier molecular flexibility index (Phi) is 9.87. The van der Waals surface area contributed by atoms with Crippen LogP contribution in [0.5, 0.6) is 5.75 Å². The van der Waals surface area contributed by atoms with E-state index in [0.717, 1.165) is 15.4 Å². The lowest BCUT2D eigenvalue weighted by Crippen LogP contribution is -2.54.